The molecule has 10 heteroatoms. The van der Waals surface area contributed by atoms with Crippen LogP contribution in [0.3, 0.4) is 0 Å². The Morgan fingerprint density at radius 1 is 1.30 bits per heavy atom. The van der Waals surface area contributed by atoms with E-state index in [1.807, 2.05) is 11.8 Å². The Labute approximate surface area is 165 Å². The molecule has 1 saturated heterocycles. The summed E-state index contributed by atoms with van der Waals surface area (Å²) >= 11 is 7.75. The molecule has 1 aliphatic heterocycles. The molecule has 2 heterocycles. The van der Waals surface area contributed by atoms with Crippen molar-refractivity contribution in [2.24, 2.45) is 0 Å². The molecule has 0 aliphatic carbocycles. The summed E-state index contributed by atoms with van der Waals surface area (Å²) in [7, 11) is 0. The van der Waals surface area contributed by atoms with E-state index in [-0.39, 0.29) is 35.4 Å². The van der Waals surface area contributed by atoms with Gasteiger partial charge >= 0.3 is 0 Å². The summed E-state index contributed by atoms with van der Waals surface area (Å²) < 4.78 is 15.2. The largest absolute Gasteiger partial charge is 0.354 e. The first kappa shape index (κ1) is 19.6. The number of benzene rings is 1. The third kappa shape index (κ3) is 5.20. The lowest BCUT2D eigenvalue weighted by molar-refractivity contribution is -0.120. The monoisotopic (exact) mass is 411 g/mol. The molecule has 0 saturated carbocycles. The van der Waals surface area contributed by atoms with Gasteiger partial charge in [0.2, 0.25) is 5.91 Å². The molecule has 1 fully saturated rings. The normalized spacial score (nSPS) is 14.2. The molecule has 1 aliphatic rings. The second-order valence-electron chi connectivity index (χ2n) is 6.00. The summed E-state index contributed by atoms with van der Waals surface area (Å²) in [5.74, 6) is 0.882. The fourth-order valence-electron chi connectivity index (χ4n) is 2.67. The van der Waals surface area contributed by atoms with Crippen molar-refractivity contribution >= 4 is 35.2 Å². The average molecular weight is 412 g/mol. The van der Waals surface area contributed by atoms with Crippen molar-refractivity contribution in [3.63, 3.8) is 0 Å². The van der Waals surface area contributed by atoms with E-state index in [2.05, 4.69) is 15.6 Å². The fourth-order valence-corrected chi connectivity index (χ4v) is 3.80. The first-order chi connectivity index (χ1) is 13.0. The minimum Gasteiger partial charge on any atom is -0.354 e. The maximum Gasteiger partial charge on any atom is 0.276 e. The molecule has 0 spiro atoms. The number of hydrogen-bond donors (Lipinski definition) is 1. The lowest BCUT2D eigenvalue weighted by Gasteiger charge is -2.25. The molecule has 2 aromatic rings. The predicted molar refractivity (Wildman–Crippen MR) is 101 cm³/mol. The van der Waals surface area contributed by atoms with Crippen molar-refractivity contribution in [2.45, 2.75) is 13.0 Å². The lowest BCUT2D eigenvalue weighted by Crippen LogP contribution is -2.38. The fraction of sp³-hybridized carbons (Fsp3) is 0.412. The molecule has 1 aromatic heterocycles. The van der Waals surface area contributed by atoms with E-state index in [4.69, 9.17) is 11.6 Å². The van der Waals surface area contributed by atoms with Crippen LogP contribution in [0.25, 0.3) is 0 Å². The Bertz CT molecular complexity index is 805. The Morgan fingerprint density at radius 3 is 2.81 bits per heavy atom. The minimum absolute atomic E-state index is 0.125. The first-order valence-electron chi connectivity index (χ1n) is 8.51. The van der Waals surface area contributed by atoms with Crippen molar-refractivity contribution < 1.29 is 14.0 Å². The summed E-state index contributed by atoms with van der Waals surface area (Å²) in [6.45, 7) is 2.06. The van der Waals surface area contributed by atoms with E-state index >= 15 is 0 Å². The Kier molecular flexibility index (Phi) is 6.68. The zero-order chi connectivity index (χ0) is 19.2. The smallest absolute Gasteiger partial charge is 0.276 e. The van der Waals surface area contributed by atoms with Gasteiger partial charge in [-0.25, -0.2) is 9.07 Å². The maximum absolute atomic E-state index is 13.7. The number of rotatable bonds is 6. The number of nitrogens with zero attached hydrogens (tertiary/aromatic N) is 4. The van der Waals surface area contributed by atoms with Crippen LogP contribution in [-0.2, 0) is 17.8 Å². The average Bonchev–Trinajstić information content (AvgIpc) is 3.14. The number of carbonyl (C=O) groups excluding carboxylic acids is 2. The third-order valence-electron chi connectivity index (χ3n) is 4.12. The number of aromatic nitrogens is 3. The van der Waals surface area contributed by atoms with Gasteiger partial charge in [-0.05, 0) is 12.1 Å². The van der Waals surface area contributed by atoms with Gasteiger partial charge in [0, 0.05) is 41.7 Å². The molecule has 0 radical (unpaired) electrons. The second-order valence-corrected chi connectivity index (χ2v) is 7.63. The van der Waals surface area contributed by atoms with Gasteiger partial charge in [0.1, 0.15) is 5.82 Å². The van der Waals surface area contributed by atoms with Crippen molar-refractivity contribution in [2.75, 3.05) is 31.1 Å². The van der Waals surface area contributed by atoms with Crippen molar-refractivity contribution in [1.29, 1.82) is 0 Å². The van der Waals surface area contributed by atoms with Crippen LogP contribution in [0.5, 0.6) is 0 Å². The highest BCUT2D eigenvalue weighted by atomic mass is 35.5. The number of thioether (sulfide) groups is 1. The molecule has 2 amide bonds. The molecule has 0 atom stereocenters. The topological polar surface area (TPSA) is 80.1 Å². The van der Waals surface area contributed by atoms with Gasteiger partial charge in [-0.15, -0.1) is 5.10 Å². The van der Waals surface area contributed by atoms with Crippen molar-refractivity contribution in [3.8, 4) is 0 Å². The minimum atomic E-state index is -0.506. The Hall–Kier alpha value is -2.13. The molecule has 27 heavy (non-hydrogen) atoms. The van der Waals surface area contributed by atoms with Crippen LogP contribution in [0.4, 0.5) is 4.39 Å². The molecular weight excluding hydrogens is 393 g/mol. The summed E-state index contributed by atoms with van der Waals surface area (Å²) in [4.78, 5) is 26.1. The van der Waals surface area contributed by atoms with Crippen LogP contribution in [0, 0.1) is 5.82 Å². The number of hydrogen-bond acceptors (Lipinski definition) is 5. The molecule has 7 nitrogen and oxygen atoms in total. The van der Waals surface area contributed by atoms with Crippen LogP contribution in [-0.4, -0.2) is 62.8 Å². The predicted octanol–water partition coefficient (Wildman–Crippen LogP) is 1.62. The number of carbonyl (C=O) groups is 2. The standard InChI is InChI=1S/C17H19ClFN5O2S/c18-13-2-1-3-14(19)12(13)10-16(25)20-4-5-24-11-15(21-22-24)17(26)23-6-8-27-9-7-23/h1-3,11H,4-10H2,(H,20,25). The summed E-state index contributed by atoms with van der Waals surface area (Å²) in [5, 5.41) is 10.7. The zero-order valence-electron chi connectivity index (χ0n) is 14.5. The number of amides is 2. The number of nitrogens with one attached hydrogen (secondary N) is 1. The molecule has 0 unspecified atom stereocenters. The quantitative estimate of drug-likeness (QED) is 0.781. The van der Waals surface area contributed by atoms with Crippen LogP contribution in [0.2, 0.25) is 5.02 Å². The van der Waals surface area contributed by atoms with E-state index < -0.39 is 5.82 Å². The van der Waals surface area contributed by atoms with E-state index in [1.165, 1.54) is 16.8 Å². The molecule has 1 aromatic carbocycles. The summed E-state index contributed by atoms with van der Waals surface area (Å²) in [6, 6.07) is 4.30. The SMILES string of the molecule is O=C(Cc1c(F)cccc1Cl)NCCn1cc(C(=O)N2CCSCC2)nn1. The van der Waals surface area contributed by atoms with Gasteiger partial charge in [-0.1, -0.05) is 22.9 Å². The van der Waals surface area contributed by atoms with Crippen molar-refractivity contribution in [1.82, 2.24) is 25.2 Å². The summed E-state index contributed by atoms with van der Waals surface area (Å²) in [6.07, 6.45) is 1.43. The van der Waals surface area contributed by atoms with E-state index in [0.717, 1.165) is 11.5 Å². The van der Waals surface area contributed by atoms with Gasteiger partial charge in [0.05, 0.1) is 19.2 Å². The van der Waals surface area contributed by atoms with Crippen molar-refractivity contribution in [3.05, 3.63) is 46.5 Å². The van der Waals surface area contributed by atoms with Gasteiger partial charge in [0.25, 0.3) is 5.91 Å². The second kappa shape index (κ2) is 9.18. The van der Waals surface area contributed by atoms with Crippen LogP contribution < -0.4 is 5.32 Å². The highest BCUT2D eigenvalue weighted by molar-refractivity contribution is 7.99. The Morgan fingerprint density at radius 2 is 2.07 bits per heavy atom. The van der Waals surface area contributed by atoms with E-state index in [1.54, 1.807) is 17.2 Å². The summed E-state index contributed by atoms with van der Waals surface area (Å²) in [5.41, 5.74) is 0.469. The van der Waals surface area contributed by atoms with Crippen LogP contribution in [0.15, 0.2) is 24.4 Å². The van der Waals surface area contributed by atoms with Gasteiger partial charge in [-0.2, -0.15) is 11.8 Å². The molecular formula is C17H19ClFN5O2S. The molecule has 0 bridgehead atoms. The first-order valence-corrected chi connectivity index (χ1v) is 10.0. The highest BCUT2D eigenvalue weighted by Crippen LogP contribution is 2.19. The Balaban J connectivity index is 1.47. The van der Waals surface area contributed by atoms with E-state index in [9.17, 15) is 14.0 Å². The van der Waals surface area contributed by atoms with Gasteiger partial charge in [0.15, 0.2) is 5.69 Å². The number of halogens is 2. The van der Waals surface area contributed by atoms with E-state index in [0.29, 0.717) is 25.3 Å². The maximum atomic E-state index is 13.7. The van der Waals surface area contributed by atoms with Gasteiger partial charge in [-0.3, -0.25) is 9.59 Å². The third-order valence-corrected chi connectivity index (χ3v) is 5.41. The molecule has 1 N–H and O–H groups in total. The lowest BCUT2D eigenvalue weighted by atomic mass is 10.1. The zero-order valence-corrected chi connectivity index (χ0v) is 16.1. The molecule has 3 rings (SSSR count). The molecule has 144 valence electrons. The van der Waals surface area contributed by atoms with Crippen LogP contribution in [0.1, 0.15) is 16.1 Å². The van der Waals surface area contributed by atoms with Crippen LogP contribution >= 0.6 is 23.4 Å². The van der Waals surface area contributed by atoms with Gasteiger partial charge < -0.3 is 10.2 Å². The highest BCUT2D eigenvalue weighted by Gasteiger charge is 2.21.